The molecular formula is C39H52N4O9S. The van der Waals surface area contributed by atoms with Gasteiger partial charge < -0.3 is 19.1 Å². The third-order valence-electron chi connectivity index (χ3n) is 11.1. The van der Waals surface area contributed by atoms with Gasteiger partial charge in [0.15, 0.2) is 5.78 Å². The average molecular weight is 753 g/mol. The summed E-state index contributed by atoms with van der Waals surface area (Å²) in [4.78, 5) is 57.9. The van der Waals surface area contributed by atoms with Crippen molar-refractivity contribution in [3.63, 3.8) is 0 Å². The molecule has 0 spiro atoms. The first kappa shape index (κ1) is 38.6. The van der Waals surface area contributed by atoms with Gasteiger partial charge in [0.1, 0.15) is 11.7 Å². The molecule has 6 rings (SSSR count). The van der Waals surface area contributed by atoms with Crippen LogP contribution in [-0.4, -0.2) is 83.7 Å². The summed E-state index contributed by atoms with van der Waals surface area (Å²) < 4.78 is 45.5. The van der Waals surface area contributed by atoms with Crippen LogP contribution in [0.1, 0.15) is 92.4 Å². The van der Waals surface area contributed by atoms with Crippen molar-refractivity contribution in [2.24, 2.45) is 29.1 Å². The summed E-state index contributed by atoms with van der Waals surface area (Å²) in [5, 5.41) is 9.17. The van der Waals surface area contributed by atoms with Gasteiger partial charge >= 0.3 is 5.97 Å². The van der Waals surface area contributed by atoms with E-state index in [0.29, 0.717) is 42.3 Å². The minimum Gasteiger partial charge on any atom is -0.479 e. The predicted octanol–water partition coefficient (Wildman–Crippen LogP) is 4.92. The number of sulfonamides is 1. The number of amides is 2. The summed E-state index contributed by atoms with van der Waals surface area (Å²) in [6.45, 7) is 9.44. The Balaban J connectivity index is 1.35. The number of allylic oxidation sites excluding steroid dienone is 2. The van der Waals surface area contributed by atoms with Gasteiger partial charge in [-0.2, -0.15) is 0 Å². The van der Waals surface area contributed by atoms with Gasteiger partial charge in [-0.3, -0.25) is 23.9 Å². The molecule has 1 N–H and O–H groups in total. The number of hydrogen-bond acceptors (Lipinski definition) is 11. The van der Waals surface area contributed by atoms with Crippen LogP contribution in [0, 0.1) is 29.1 Å². The summed E-state index contributed by atoms with van der Waals surface area (Å²) >= 11 is 0. The molecule has 0 bridgehead atoms. The normalized spacial score (nSPS) is 30.3. The van der Waals surface area contributed by atoms with Crippen LogP contribution in [0.25, 0.3) is 10.8 Å². The van der Waals surface area contributed by atoms with E-state index in [4.69, 9.17) is 14.2 Å². The monoisotopic (exact) mass is 752 g/mol. The molecule has 288 valence electrons. The third-order valence-corrected chi connectivity index (χ3v) is 12.9. The molecule has 0 unspecified atom stereocenters. The fraction of sp³-hybridized carbons (Fsp3) is 0.641. The number of rotatable bonds is 8. The molecule has 0 radical (unpaired) electrons. The largest absolute Gasteiger partial charge is 0.479 e. The maximum absolute atomic E-state index is 14.8. The maximum atomic E-state index is 14.8. The summed E-state index contributed by atoms with van der Waals surface area (Å²) in [6.07, 6.45) is 6.48. The molecule has 7 atom stereocenters. The van der Waals surface area contributed by atoms with Gasteiger partial charge in [-0.05, 0) is 89.2 Å². The molecular weight excluding hydrogens is 701 g/mol. The first-order valence-corrected chi connectivity index (χ1v) is 20.3. The lowest BCUT2D eigenvalue weighted by atomic mass is 9.82. The number of methoxy groups -OCH3 is 1. The van der Waals surface area contributed by atoms with Crippen molar-refractivity contribution >= 4 is 44.4 Å². The predicted molar refractivity (Wildman–Crippen MR) is 196 cm³/mol. The van der Waals surface area contributed by atoms with Crippen LogP contribution >= 0.6 is 0 Å². The molecule has 3 heterocycles. The standard InChI is InChI=1S/C39H52N4O9S/c1-23-11-7-8-12-25-20-39(25,37(47)42-53(48,49)27-15-16-27)21-32(44)31-18-26(51-35-29-14-10-9-13-28(29)34(50-6)40-41-35)22-43(31)36(46)30(24(2)17-23)19-33(45)52-38(3,4)5/h8-10,12-14,23-27,30-31H,7,11,15-22H2,1-6H3,(H,42,47)/b12-8-/t23-,24-,25-,26-,30+,31+,39-/m1/s1. The number of Topliss-reactive ketones (excluding diaryl/α,β-unsaturated/α-hetero) is 1. The Bertz CT molecular complexity index is 1890. The highest BCUT2D eigenvalue weighted by atomic mass is 32.2. The Labute approximate surface area is 311 Å². The minimum absolute atomic E-state index is 0.0307. The van der Waals surface area contributed by atoms with Crippen molar-refractivity contribution < 1.29 is 41.8 Å². The van der Waals surface area contributed by atoms with E-state index in [1.165, 1.54) is 12.0 Å². The lowest BCUT2D eigenvalue weighted by Crippen LogP contribution is -2.47. The highest BCUT2D eigenvalue weighted by Crippen LogP contribution is 2.57. The molecule has 1 aromatic heterocycles. The van der Waals surface area contributed by atoms with Crippen LogP contribution in [0.2, 0.25) is 0 Å². The second-order valence-corrected chi connectivity index (χ2v) is 18.5. The van der Waals surface area contributed by atoms with Crippen LogP contribution in [0.15, 0.2) is 36.4 Å². The zero-order chi connectivity index (χ0) is 38.3. The van der Waals surface area contributed by atoms with E-state index in [2.05, 4.69) is 21.8 Å². The van der Waals surface area contributed by atoms with Crippen LogP contribution < -0.4 is 14.2 Å². The lowest BCUT2D eigenvalue weighted by Gasteiger charge is -2.32. The van der Waals surface area contributed by atoms with E-state index < -0.39 is 56.2 Å². The Hall–Kier alpha value is -4.07. The molecule has 53 heavy (non-hydrogen) atoms. The highest BCUT2D eigenvalue weighted by molar-refractivity contribution is 7.90. The van der Waals surface area contributed by atoms with Crippen molar-refractivity contribution in [3.05, 3.63) is 36.4 Å². The van der Waals surface area contributed by atoms with Crippen molar-refractivity contribution in [2.45, 2.75) is 115 Å². The molecule has 2 aromatic rings. The number of carbonyl (C=O) groups is 4. The first-order valence-electron chi connectivity index (χ1n) is 18.7. The number of benzene rings is 1. The van der Waals surface area contributed by atoms with Crippen molar-refractivity contribution in [2.75, 3.05) is 13.7 Å². The SMILES string of the molecule is COc1nnc(O[C@@H]2C[C@H]3C(=O)C[C@]4(C(=O)NS(=O)(=O)C5CC5)C[C@H]4/C=C\CC[C@@H](C)C[C@@H](C)[C@H](CC(=O)OC(C)(C)C)C(=O)N3C2)c2ccccc12. The van der Waals surface area contributed by atoms with E-state index in [0.717, 1.165) is 12.8 Å². The van der Waals surface area contributed by atoms with Crippen molar-refractivity contribution in [3.8, 4) is 11.8 Å². The highest BCUT2D eigenvalue weighted by Gasteiger charge is 2.61. The van der Waals surface area contributed by atoms with E-state index >= 15 is 0 Å². The maximum Gasteiger partial charge on any atom is 0.307 e. The molecule has 2 aliphatic heterocycles. The second kappa shape index (κ2) is 15.0. The van der Waals surface area contributed by atoms with E-state index in [-0.39, 0.29) is 61.1 Å². The van der Waals surface area contributed by atoms with E-state index in [1.807, 2.05) is 43.3 Å². The van der Waals surface area contributed by atoms with Gasteiger partial charge in [-0.25, -0.2) is 8.42 Å². The van der Waals surface area contributed by atoms with Gasteiger partial charge in [0.25, 0.3) is 0 Å². The van der Waals surface area contributed by atoms with E-state index in [9.17, 15) is 27.6 Å². The van der Waals surface area contributed by atoms with Gasteiger partial charge in [-0.1, -0.05) is 38.1 Å². The van der Waals surface area contributed by atoms with Crippen LogP contribution in [0.3, 0.4) is 0 Å². The fourth-order valence-corrected chi connectivity index (χ4v) is 9.38. The molecule has 1 aromatic carbocycles. The summed E-state index contributed by atoms with van der Waals surface area (Å²) in [5.74, 6) is -2.47. The van der Waals surface area contributed by atoms with Gasteiger partial charge in [0, 0.05) is 12.8 Å². The van der Waals surface area contributed by atoms with Gasteiger partial charge in [-0.15, -0.1) is 10.2 Å². The Morgan fingerprint density at radius 2 is 1.70 bits per heavy atom. The first-order chi connectivity index (χ1) is 25.0. The number of hydrogen-bond donors (Lipinski definition) is 1. The molecule has 3 fully saturated rings. The van der Waals surface area contributed by atoms with Gasteiger partial charge in [0.05, 0.1) is 53.5 Å². The fourth-order valence-electron chi connectivity index (χ4n) is 8.00. The summed E-state index contributed by atoms with van der Waals surface area (Å²) in [6, 6.07) is 6.34. The molecule has 2 saturated carbocycles. The Morgan fingerprint density at radius 1 is 1.02 bits per heavy atom. The molecule has 1 saturated heterocycles. The number of fused-ring (bicyclic) bond motifs is 3. The molecule has 2 aliphatic carbocycles. The van der Waals surface area contributed by atoms with E-state index in [1.54, 1.807) is 20.8 Å². The molecule has 14 heteroatoms. The zero-order valence-corrected chi connectivity index (χ0v) is 32.3. The Morgan fingerprint density at radius 3 is 2.36 bits per heavy atom. The van der Waals surface area contributed by atoms with Crippen molar-refractivity contribution in [1.29, 1.82) is 0 Å². The lowest BCUT2D eigenvalue weighted by molar-refractivity contribution is -0.160. The zero-order valence-electron chi connectivity index (χ0n) is 31.5. The number of esters is 1. The minimum atomic E-state index is -3.85. The second-order valence-electron chi connectivity index (χ2n) is 16.5. The summed E-state index contributed by atoms with van der Waals surface area (Å²) in [5.41, 5.74) is -2.01. The summed E-state index contributed by atoms with van der Waals surface area (Å²) in [7, 11) is -2.35. The van der Waals surface area contributed by atoms with Crippen LogP contribution in [0.5, 0.6) is 11.8 Å². The average Bonchev–Trinajstić information content (AvgIpc) is 4.01. The number of carbonyl (C=O) groups excluding carboxylic acids is 4. The molecule has 4 aliphatic rings. The van der Waals surface area contributed by atoms with Crippen LogP contribution in [-0.2, 0) is 33.9 Å². The van der Waals surface area contributed by atoms with Crippen molar-refractivity contribution in [1.82, 2.24) is 19.8 Å². The Kier molecular flexibility index (Phi) is 10.9. The number of ketones is 1. The number of aromatic nitrogens is 2. The topological polar surface area (TPSA) is 171 Å². The number of nitrogens with one attached hydrogen (secondary N) is 1. The smallest absolute Gasteiger partial charge is 0.307 e. The number of ether oxygens (including phenoxy) is 3. The third kappa shape index (κ3) is 8.68. The number of nitrogens with zero attached hydrogens (tertiary/aromatic N) is 3. The van der Waals surface area contributed by atoms with Crippen LogP contribution in [0.4, 0.5) is 0 Å². The molecule has 2 amide bonds. The quantitative estimate of drug-likeness (QED) is 0.287. The molecule has 13 nitrogen and oxygen atoms in total. The van der Waals surface area contributed by atoms with Gasteiger partial charge in [0.2, 0.25) is 33.6 Å².